The lowest BCUT2D eigenvalue weighted by Crippen LogP contribution is -2.35. The number of aliphatic imine (C=N–C) groups is 1. The van der Waals surface area contributed by atoms with Gasteiger partial charge in [0.1, 0.15) is 29.8 Å². The molecule has 0 radical (unpaired) electrons. The molecule has 0 saturated carbocycles. The number of amidine groups is 2. The van der Waals surface area contributed by atoms with Crippen LogP contribution in [0.3, 0.4) is 0 Å². The van der Waals surface area contributed by atoms with Crippen LogP contribution in [-0.4, -0.2) is 33.6 Å². The average Bonchev–Trinajstić information content (AvgIpc) is 3.28. The van der Waals surface area contributed by atoms with E-state index in [1.165, 1.54) is 22.3 Å². The maximum Gasteiger partial charge on any atom is 0.283 e. The monoisotopic (exact) mass is 496 g/mol. The van der Waals surface area contributed by atoms with Crippen LogP contribution in [0, 0.1) is 19.3 Å². The summed E-state index contributed by atoms with van der Waals surface area (Å²) in [6.07, 6.45) is 1.65. The normalized spacial score (nSPS) is 16.1. The van der Waals surface area contributed by atoms with Crippen molar-refractivity contribution in [3.63, 3.8) is 0 Å². The molecule has 0 fully saturated rings. The van der Waals surface area contributed by atoms with E-state index in [0.717, 1.165) is 28.2 Å². The van der Waals surface area contributed by atoms with Gasteiger partial charge in [-0.25, -0.2) is 0 Å². The quantitative estimate of drug-likeness (QED) is 0.432. The number of nitrogens with one attached hydrogen (secondary N) is 1. The van der Waals surface area contributed by atoms with Gasteiger partial charge in [-0.1, -0.05) is 54.1 Å². The zero-order valence-electron chi connectivity index (χ0n) is 19.9. The molecule has 0 unspecified atom stereocenters. The lowest BCUT2D eigenvalue weighted by molar-refractivity contribution is -0.114. The van der Waals surface area contributed by atoms with Gasteiger partial charge in [-0.05, 0) is 72.6 Å². The smallest absolute Gasteiger partial charge is 0.283 e. The molecule has 3 aromatic carbocycles. The molecule has 180 valence electrons. The van der Waals surface area contributed by atoms with Gasteiger partial charge in [0.15, 0.2) is 5.84 Å². The Hall–Kier alpha value is -4.17. The fourth-order valence-corrected chi connectivity index (χ4v) is 4.53. The molecule has 0 aromatic heterocycles. The van der Waals surface area contributed by atoms with Gasteiger partial charge in [-0.15, -0.1) is 0 Å². The Kier molecular flexibility index (Phi) is 6.69. The van der Waals surface area contributed by atoms with Crippen LogP contribution in [0.4, 0.5) is 0 Å². The Morgan fingerprint density at radius 1 is 0.917 bits per heavy atom. The number of amides is 1. The number of carbonyl (C=O) groups excluding carboxylic acids is 1. The third-order valence-corrected chi connectivity index (χ3v) is 6.41. The number of ether oxygens (including phenoxy) is 2. The molecule has 1 amide bonds. The van der Waals surface area contributed by atoms with Crippen molar-refractivity contribution in [3.8, 4) is 11.5 Å². The van der Waals surface area contributed by atoms with Crippen LogP contribution < -0.4 is 9.47 Å². The fourth-order valence-electron chi connectivity index (χ4n) is 3.74. The number of benzene rings is 3. The molecule has 2 heterocycles. The van der Waals surface area contributed by atoms with Crippen molar-refractivity contribution in [2.24, 2.45) is 10.1 Å². The summed E-state index contributed by atoms with van der Waals surface area (Å²) < 4.78 is 11.7. The molecule has 1 N–H and O–H groups in total. The zero-order valence-corrected chi connectivity index (χ0v) is 20.7. The van der Waals surface area contributed by atoms with E-state index in [-0.39, 0.29) is 18.0 Å². The van der Waals surface area contributed by atoms with Gasteiger partial charge in [0, 0.05) is 0 Å². The number of fused-ring (bicyclic) bond motifs is 1. The molecule has 2 aliphatic rings. The van der Waals surface area contributed by atoms with Gasteiger partial charge in [0.2, 0.25) is 5.17 Å². The molecule has 7 nitrogen and oxygen atoms in total. The van der Waals surface area contributed by atoms with E-state index < -0.39 is 5.91 Å². The predicted octanol–water partition coefficient (Wildman–Crippen LogP) is 5.58. The number of thioether (sulfide) groups is 1. The van der Waals surface area contributed by atoms with E-state index in [1.54, 1.807) is 6.08 Å². The fraction of sp³-hybridized carbons (Fsp3) is 0.143. The summed E-state index contributed by atoms with van der Waals surface area (Å²) in [5, 5.41) is 15.4. The van der Waals surface area contributed by atoms with E-state index in [2.05, 4.69) is 29.2 Å². The van der Waals surface area contributed by atoms with E-state index in [1.807, 2.05) is 67.6 Å². The minimum Gasteiger partial charge on any atom is -0.489 e. The Bertz CT molecular complexity index is 1430. The highest BCUT2D eigenvalue weighted by atomic mass is 32.2. The molecule has 0 aliphatic carbocycles. The first-order valence-corrected chi connectivity index (χ1v) is 12.2. The Balaban J connectivity index is 1.25. The molecule has 3 aromatic rings. The molecule has 5 rings (SSSR count). The summed E-state index contributed by atoms with van der Waals surface area (Å²) in [5.74, 6) is 0.989. The van der Waals surface area contributed by atoms with Crippen LogP contribution in [0.15, 0.2) is 88.5 Å². The largest absolute Gasteiger partial charge is 0.489 e. The number of hydrogen-bond acceptors (Lipinski definition) is 6. The van der Waals surface area contributed by atoms with Gasteiger partial charge < -0.3 is 9.47 Å². The first-order valence-electron chi connectivity index (χ1n) is 11.4. The van der Waals surface area contributed by atoms with Crippen molar-refractivity contribution >= 4 is 39.8 Å². The van der Waals surface area contributed by atoms with E-state index in [4.69, 9.17) is 14.9 Å². The van der Waals surface area contributed by atoms with Gasteiger partial charge >= 0.3 is 0 Å². The van der Waals surface area contributed by atoms with Crippen molar-refractivity contribution < 1.29 is 14.3 Å². The second kappa shape index (κ2) is 10.2. The van der Waals surface area contributed by atoms with Crippen LogP contribution in [0.5, 0.6) is 11.5 Å². The minimum absolute atomic E-state index is 0.0113. The second-order valence-electron chi connectivity index (χ2n) is 8.47. The molecule has 36 heavy (non-hydrogen) atoms. The van der Waals surface area contributed by atoms with Crippen LogP contribution in [0.1, 0.15) is 22.3 Å². The molecular formula is C28H24N4O3S. The molecule has 0 atom stereocenters. The zero-order chi connectivity index (χ0) is 25.1. The first kappa shape index (κ1) is 23.6. The minimum atomic E-state index is -0.463. The number of hydrogen-bond donors (Lipinski definition) is 1. The van der Waals surface area contributed by atoms with Gasteiger partial charge in [-0.2, -0.15) is 15.1 Å². The highest BCUT2D eigenvalue weighted by Crippen LogP contribution is 2.29. The standard InChI is InChI=1S/C28H24N4O3S/c1-18-5-3-7-21(13-18)16-34-22-11-9-20(10-12-22)15-24-26(29)32-28(30-27(24)33)36-25(31-32)17-35-23-8-4-6-19(2)14-23/h3-15,29H,16-17H2,1-2H3. The van der Waals surface area contributed by atoms with E-state index in [0.29, 0.717) is 16.8 Å². The number of rotatable bonds is 7. The Morgan fingerprint density at radius 3 is 2.39 bits per heavy atom. The van der Waals surface area contributed by atoms with Crippen molar-refractivity contribution in [1.82, 2.24) is 5.01 Å². The van der Waals surface area contributed by atoms with Crippen molar-refractivity contribution in [2.75, 3.05) is 6.61 Å². The molecule has 0 saturated heterocycles. The number of aryl methyl sites for hydroxylation is 2. The first-order chi connectivity index (χ1) is 17.4. The molecule has 0 bridgehead atoms. The lowest BCUT2D eigenvalue weighted by Gasteiger charge is -2.20. The molecule has 0 spiro atoms. The summed E-state index contributed by atoms with van der Waals surface area (Å²) in [6.45, 7) is 4.75. The predicted molar refractivity (Wildman–Crippen MR) is 144 cm³/mol. The summed E-state index contributed by atoms with van der Waals surface area (Å²) in [6, 6.07) is 23.3. The maximum atomic E-state index is 12.7. The highest BCUT2D eigenvalue weighted by Gasteiger charge is 2.35. The topological polar surface area (TPSA) is 87.3 Å². The summed E-state index contributed by atoms with van der Waals surface area (Å²) in [7, 11) is 0. The van der Waals surface area contributed by atoms with E-state index in [9.17, 15) is 4.79 Å². The van der Waals surface area contributed by atoms with Crippen LogP contribution >= 0.6 is 11.8 Å². The van der Waals surface area contributed by atoms with Crippen molar-refractivity contribution in [3.05, 3.63) is 101 Å². The third-order valence-electron chi connectivity index (χ3n) is 5.53. The summed E-state index contributed by atoms with van der Waals surface area (Å²) in [4.78, 5) is 16.8. The molecule has 8 heteroatoms. The van der Waals surface area contributed by atoms with Crippen molar-refractivity contribution in [1.29, 1.82) is 5.41 Å². The third kappa shape index (κ3) is 5.39. The van der Waals surface area contributed by atoms with Crippen LogP contribution in [-0.2, 0) is 11.4 Å². The van der Waals surface area contributed by atoms with Gasteiger partial charge in [0.25, 0.3) is 5.91 Å². The van der Waals surface area contributed by atoms with Gasteiger partial charge in [0.05, 0.1) is 5.57 Å². The van der Waals surface area contributed by atoms with Gasteiger partial charge in [-0.3, -0.25) is 10.2 Å². The summed E-state index contributed by atoms with van der Waals surface area (Å²) in [5.41, 5.74) is 4.34. The van der Waals surface area contributed by atoms with Crippen molar-refractivity contribution in [2.45, 2.75) is 20.5 Å². The van der Waals surface area contributed by atoms with Crippen LogP contribution in [0.25, 0.3) is 6.08 Å². The Morgan fingerprint density at radius 2 is 1.64 bits per heavy atom. The lowest BCUT2D eigenvalue weighted by atomic mass is 10.1. The molecule has 2 aliphatic heterocycles. The maximum absolute atomic E-state index is 12.7. The molecular weight excluding hydrogens is 472 g/mol. The second-order valence-corrected chi connectivity index (χ2v) is 9.51. The van der Waals surface area contributed by atoms with E-state index >= 15 is 0 Å². The number of hydrazone groups is 1. The number of carbonyl (C=O) groups is 1. The number of nitrogens with zero attached hydrogens (tertiary/aromatic N) is 3. The average molecular weight is 497 g/mol. The van der Waals surface area contributed by atoms with Crippen LogP contribution in [0.2, 0.25) is 0 Å². The summed E-state index contributed by atoms with van der Waals surface area (Å²) >= 11 is 1.24. The Labute approximate surface area is 213 Å². The highest BCUT2D eigenvalue weighted by molar-refractivity contribution is 8.27. The SMILES string of the molecule is Cc1cccc(COc2ccc(C=C3C(=N)N4N=C(COc5cccc(C)c5)SC4=NC3=O)cc2)c1.